The number of benzene rings is 2. The molecule has 1 fully saturated rings. The number of likely N-dealkylation sites (tertiary alicyclic amines) is 1. The van der Waals surface area contributed by atoms with Crippen LogP contribution in [0.1, 0.15) is 36.5 Å². The number of nitrogens with one attached hydrogen (secondary N) is 1. The second kappa shape index (κ2) is 9.30. The van der Waals surface area contributed by atoms with Crippen LogP contribution < -0.4 is 9.62 Å². The van der Waals surface area contributed by atoms with Crippen LogP contribution >= 0.6 is 0 Å². The molecule has 7 nitrogen and oxygen atoms in total. The lowest BCUT2D eigenvalue weighted by Crippen LogP contribution is -2.47. The van der Waals surface area contributed by atoms with Gasteiger partial charge >= 0.3 is 0 Å². The Balaban J connectivity index is 1.89. The van der Waals surface area contributed by atoms with Gasteiger partial charge in [-0.05, 0) is 43.5 Å². The van der Waals surface area contributed by atoms with E-state index in [9.17, 15) is 18.0 Å². The van der Waals surface area contributed by atoms with Crippen LogP contribution in [0.5, 0.6) is 0 Å². The number of anilines is 2. The first kappa shape index (κ1) is 21.8. The smallest absolute Gasteiger partial charge is 0.255 e. The molecule has 1 aliphatic rings. The van der Waals surface area contributed by atoms with Gasteiger partial charge in [-0.2, -0.15) is 0 Å². The average molecular weight is 430 g/mol. The van der Waals surface area contributed by atoms with Crippen molar-refractivity contribution in [1.82, 2.24) is 4.90 Å². The van der Waals surface area contributed by atoms with Crippen LogP contribution in [0, 0.1) is 0 Å². The minimum atomic E-state index is -3.71. The fourth-order valence-electron chi connectivity index (χ4n) is 3.72. The molecule has 0 unspecified atom stereocenters. The van der Waals surface area contributed by atoms with Crippen molar-refractivity contribution >= 4 is 33.2 Å². The number of sulfonamides is 1. The molecule has 0 aromatic heterocycles. The Morgan fingerprint density at radius 1 is 1.03 bits per heavy atom. The number of nitrogens with zero attached hydrogens (tertiary/aromatic N) is 2. The first-order valence-corrected chi connectivity index (χ1v) is 11.9. The number of amides is 2. The van der Waals surface area contributed by atoms with E-state index in [0.29, 0.717) is 30.0 Å². The van der Waals surface area contributed by atoms with Gasteiger partial charge in [-0.15, -0.1) is 0 Å². The van der Waals surface area contributed by atoms with Crippen molar-refractivity contribution in [3.05, 3.63) is 60.2 Å². The molecule has 1 saturated heterocycles. The standard InChI is InChI=1S/C22H27N3O4S/c1-3-20(25(30(2,28)29)17-11-5-4-6-12-17)21(26)23-19-14-8-7-13-18(19)22(27)24-15-9-10-16-24/h4-8,11-14,20H,3,9-10,15-16H2,1-2H3,(H,23,26)/t20-/m0/s1. The third kappa shape index (κ3) is 4.81. The minimum absolute atomic E-state index is 0.125. The van der Waals surface area contributed by atoms with Crippen LogP contribution in [0.3, 0.4) is 0 Å². The molecule has 1 heterocycles. The Morgan fingerprint density at radius 3 is 2.23 bits per heavy atom. The normalized spacial score (nSPS) is 14.9. The molecule has 2 aromatic rings. The molecule has 1 atom stereocenters. The van der Waals surface area contributed by atoms with Crippen LogP contribution in [-0.2, 0) is 14.8 Å². The van der Waals surface area contributed by atoms with Crippen molar-refractivity contribution in [2.45, 2.75) is 32.2 Å². The van der Waals surface area contributed by atoms with Gasteiger partial charge in [0.25, 0.3) is 5.91 Å². The number of carbonyl (C=O) groups is 2. The quantitative estimate of drug-likeness (QED) is 0.733. The summed E-state index contributed by atoms with van der Waals surface area (Å²) in [6.07, 6.45) is 3.30. The maximum Gasteiger partial charge on any atom is 0.255 e. The lowest BCUT2D eigenvalue weighted by molar-refractivity contribution is -0.117. The van der Waals surface area contributed by atoms with Crippen molar-refractivity contribution in [3.8, 4) is 0 Å². The van der Waals surface area contributed by atoms with Gasteiger partial charge in [0.15, 0.2) is 0 Å². The molecular formula is C22H27N3O4S. The van der Waals surface area contributed by atoms with Gasteiger partial charge in [0.1, 0.15) is 6.04 Å². The largest absolute Gasteiger partial charge is 0.339 e. The van der Waals surface area contributed by atoms with Gasteiger partial charge in [0.05, 0.1) is 23.2 Å². The Bertz CT molecular complexity index is 1000. The van der Waals surface area contributed by atoms with E-state index in [1.807, 2.05) is 0 Å². The predicted octanol–water partition coefficient (Wildman–Crippen LogP) is 3.11. The Labute approximate surface area is 177 Å². The van der Waals surface area contributed by atoms with Crippen LogP contribution in [0.4, 0.5) is 11.4 Å². The van der Waals surface area contributed by atoms with Gasteiger partial charge in [-0.25, -0.2) is 8.42 Å². The van der Waals surface area contributed by atoms with Gasteiger partial charge in [0, 0.05) is 13.1 Å². The highest BCUT2D eigenvalue weighted by Crippen LogP contribution is 2.25. The summed E-state index contributed by atoms with van der Waals surface area (Å²) < 4.78 is 26.2. The summed E-state index contributed by atoms with van der Waals surface area (Å²) in [5.74, 6) is -0.604. The van der Waals surface area contributed by atoms with Crippen molar-refractivity contribution in [3.63, 3.8) is 0 Å². The van der Waals surface area contributed by atoms with Crippen molar-refractivity contribution in [2.24, 2.45) is 0 Å². The summed E-state index contributed by atoms with van der Waals surface area (Å²) in [4.78, 5) is 27.8. The molecule has 8 heteroatoms. The van der Waals surface area contributed by atoms with Gasteiger partial charge in [-0.1, -0.05) is 37.3 Å². The highest BCUT2D eigenvalue weighted by Gasteiger charge is 2.32. The summed E-state index contributed by atoms with van der Waals surface area (Å²) >= 11 is 0. The van der Waals surface area contributed by atoms with Crippen LogP contribution in [-0.4, -0.2) is 50.5 Å². The van der Waals surface area contributed by atoms with Gasteiger partial charge in [0.2, 0.25) is 15.9 Å². The van der Waals surface area contributed by atoms with E-state index in [1.54, 1.807) is 66.4 Å². The summed E-state index contributed by atoms with van der Waals surface area (Å²) in [6, 6.07) is 14.4. The number of para-hydroxylation sites is 2. The molecule has 0 aliphatic carbocycles. The van der Waals surface area contributed by atoms with Crippen molar-refractivity contribution < 1.29 is 18.0 Å². The number of hydrogen-bond acceptors (Lipinski definition) is 4. The maximum atomic E-state index is 13.2. The fourth-order valence-corrected chi connectivity index (χ4v) is 4.93. The van der Waals surface area contributed by atoms with Crippen molar-refractivity contribution in [1.29, 1.82) is 0 Å². The van der Waals surface area contributed by atoms with E-state index in [-0.39, 0.29) is 12.3 Å². The minimum Gasteiger partial charge on any atom is -0.339 e. The van der Waals surface area contributed by atoms with E-state index in [2.05, 4.69) is 5.32 Å². The summed E-state index contributed by atoms with van der Waals surface area (Å²) in [5, 5.41) is 2.80. The molecule has 2 aromatic carbocycles. The molecule has 1 N–H and O–H groups in total. The highest BCUT2D eigenvalue weighted by molar-refractivity contribution is 7.92. The van der Waals surface area contributed by atoms with Crippen LogP contribution in [0.15, 0.2) is 54.6 Å². The summed E-state index contributed by atoms with van der Waals surface area (Å²) in [6.45, 7) is 3.16. The SMILES string of the molecule is CC[C@@H](C(=O)Nc1ccccc1C(=O)N1CCCC1)N(c1ccccc1)S(C)(=O)=O. The zero-order valence-electron chi connectivity index (χ0n) is 17.2. The predicted molar refractivity (Wildman–Crippen MR) is 118 cm³/mol. The van der Waals surface area contributed by atoms with Gasteiger partial charge in [-0.3, -0.25) is 13.9 Å². The lowest BCUT2D eigenvalue weighted by Gasteiger charge is -2.30. The van der Waals surface area contributed by atoms with Crippen molar-refractivity contribution in [2.75, 3.05) is 29.0 Å². The molecule has 3 rings (SSSR count). The molecule has 2 amide bonds. The third-order valence-corrected chi connectivity index (χ3v) is 6.33. The van der Waals surface area contributed by atoms with Crippen LogP contribution in [0.2, 0.25) is 0 Å². The van der Waals surface area contributed by atoms with E-state index in [0.717, 1.165) is 23.4 Å². The molecule has 0 saturated carbocycles. The Hall–Kier alpha value is -2.87. The number of carbonyl (C=O) groups excluding carboxylic acids is 2. The van der Waals surface area contributed by atoms with E-state index >= 15 is 0 Å². The molecule has 0 radical (unpaired) electrons. The third-order valence-electron chi connectivity index (χ3n) is 5.15. The summed E-state index contributed by atoms with van der Waals surface area (Å²) in [7, 11) is -3.71. The van der Waals surface area contributed by atoms with E-state index in [1.165, 1.54) is 0 Å². The monoisotopic (exact) mass is 429 g/mol. The molecule has 1 aliphatic heterocycles. The van der Waals surface area contributed by atoms with E-state index in [4.69, 9.17) is 0 Å². The maximum absolute atomic E-state index is 13.2. The number of rotatable bonds is 7. The second-order valence-corrected chi connectivity index (χ2v) is 9.21. The van der Waals surface area contributed by atoms with Crippen LogP contribution in [0.25, 0.3) is 0 Å². The fraction of sp³-hybridized carbons (Fsp3) is 0.364. The second-order valence-electron chi connectivity index (χ2n) is 7.35. The first-order chi connectivity index (χ1) is 14.3. The molecule has 30 heavy (non-hydrogen) atoms. The number of hydrogen-bond donors (Lipinski definition) is 1. The van der Waals surface area contributed by atoms with E-state index < -0.39 is 22.0 Å². The zero-order chi connectivity index (χ0) is 21.7. The average Bonchev–Trinajstić information content (AvgIpc) is 3.26. The lowest BCUT2D eigenvalue weighted by atomic mass is 10.1. The Kier molecular flexibility index (Phi) is 6.77. The molecule has 0 bridgehead atoms. The van der Waals surface area contributed by atoms with Gasteiger partial charge < -0.3 is 10.2 Å². The first-order valence-electron chi connectivity index (χ1n) is 10.1. The topological polar surface area (TPSA) is 86.8 Å². The molecular weight excluding hydrogens is 402 g/mol. The summed E-state index contributed by atoms with van der Waals surface area (Å²) in [5.41, 5.74) is 1.22. The molecule has 0 spiro atoms. The zero-order valence-corrected chi connectivity index (χ0v) is 18.1. The highest BCUT2D eigenvalue weighted by atomic mass is 32.2. The Morgan fingerprint density at radius 2 is 1.63 bits per heavy atom. The molecule has 160 valence electrons.